The second-order valence-corrected chi connectivity index (χ2v) is 13.1. The fourth-order valence-corrected chi connectivity index (χ4v) is 8.72. The van der Waals surface area contributed by atoms with Crippen LogP contribution in [0.25, 0.3) is 0 Å². The molecule has 4 aliphatic rings. The van der Waals surface area contributed by atoms with Crippen LogP contribution in [-0.2, 0) is 29.4 Å². The van der Waals surface area contributed by atoms with Gasteiger partial charge >= 0.3 is 5.97 Å². The first-order chi connectivity index (χ1) is 23.2. The van der Waals surface area contributed by atoms with E-state index in [1.54, 1.807) is 36.4 Å². The molecule has 6 atom stereocenters. The van der Waals surface area contributed by atoms with Gasteiger partial charge in [0.15, 0.2) is 0 Å². The van der Waals surface area contributed by atoms with Crippen LogP contribution in [0.2, 0.25) is 5.02 Å². The maximum atomic E-state index is 15.2. The van der Waals surface area contributed by atoms with Gasteiger partial charge in [0.25, 0.3) is 0 Å². The van der Waals surface area contributed by atoms with Crippen molar-refractivity contribution in [1.29, 1.82) is 0 Å². The molecule has 0 radical (unpaired) electrons. The molecule has 2 aliphatic carbocycles. The van der Waals surface area contributed by atoms with Crippen molar-refractivity contribution in [2.75, 3.05) is 24.7 Å². The number of aliphatic hydroxyl groups excluding tert-OH is 1. The number of amides is 4. The zero-order valence-electron chi connectivity index (χ0n) is 25.8. The van der Waals surface area contributed by atoms with Gasteiger partial charge in [-0.1, -0.05) is 71.8 Å². The first-order valence-corrected chi connectivity index (χ1v) is 16.4. The van der Waals surface area contributed by atoms with Crippen molar-refractivity contribution >= 4 is 46.9 Å². The van der Waals surface area contributed by atoms with Crippen LogP contribution in [0.5, 0.6) is 5.75 Å². The van der Waals surface area contributed by atoms with E-state index in [0.29, 0.717) is 22.0 Å². The lowest BCUT2D eigenvalue weighted by Gasteiger charge is -2.50. The van der Waals surface area contributed by atoms with Gasteiger partial charge < -0.3 is 14.9 Å². The highest BCUT2D eigenvalue weighted by Crippen LogP contribution is 2.64. The van der Waals surface area contributed by atoms with Crippen molar-refractivity contribution in [3.63, 3.8) is 0 Å². The molecule has 7 rings (SSSR count). The van der Waals surface area contributed by atoms with E-state index in [1.165, 1.54) is 4.90 Å². The number of aliphatic hydroxyl groups is 1. The Morgan fingerprint density at radius 3 is 2.35 bits per heavy atom. The fraction of sp³-hybridized carbons (Fsp3) is 0.324. The molecular formula is C37H33ClN2O8. The van der Waals surface area contributed by atoms with E-state index in [9.17, 15) is 29.4 Å². The molecule has 3 aromatic rings. The molecule has 3 fully saturated rings. The zero-order valence-corrected chi connectivity index (χ0v) is 26.6. The Balaban J connectivity index is 1.43. The Morgan fingerprint density at radius 2 is 1.67 bits per heavy atom. The van der Waals surface area contributed by atoms with E-state index < -0.39 is 64.6 Å². The maximum Gasteiger partial charge on any atom is 0.305 e. The quantitative estimate of drug-likeness (QED) is 0.253. The summed E-state index contributed by atoms with van der Waals surface area (Å²) in [6.07, 6.45) is 1.98. The minimum Gasteiger partial charge on any atom is -0.491 e. The van der Waals surface area contributed by atoms with Gasteiger partial charge in [-0.2, -0.15) is 0 Å². The number of aliphatic carboxylic acids is 1. The highest BCUT2D eigenvalue weighted by molar-refractivity contribution is 6.32. The van der Waals surface area contributed by atoms with Crippen LogP contribution in [-0.4, -0.2) is 64.5 Å². The van der Waals surface area contributed by atoms with Gasteiger partial charge in [-0.3, -0.25) is 28.9 Å². The summed E-state index contributed by atoms with van der Waals surface area (Å²) in [7, 11) is 0. The number of carboxylic acids is 1. The molecule has 10 nitrogen and oxygen atoms in total. The number of carbonyl (C=O) groups is 5. The molecule has 0 spiro atoms. The smallest absolute Gasteiger partial charge is 0.305 e. The number of anilines is 1. The number of nitrogens with zero attached hydrogens (tertiary/aromatic N) is 2. The van der Waals surface area contributed by atoms with Gasteiger partial charge in [-0.05, 0) is 60.2 Å². The maximum absolute atomic E-state index is 15.2. The number of likely N-dealkylation sites (tertiary alicyclic amines) is 1. The second kappa shape index (κ2) is 12.3. The monoisotopic (exact) mass is 668 g/mol. The standard InChI is InChI=1S/C37H33ClN2O8/c38-23-7-4-8-24(19-23)40-34(45)29-20-28-26(13-14-27-31(28)35(46)39(33(27)44)16-15-30(42)43)32(21-9-11-25(12-10-21)48-18-17-41)37(29,36(40)47)22-5-2-1-3-6-22/h1-13,19,27-29,31-32,41H,14-18,20H2,(H,42,43)/t27-,28+,29-,31-,32-,37+/m0/s1. The summed E-state index contributed by atoms with van der Waals surface area (Å²) in [5.41, 5.74) is 1.12. The van der Waals surface area contributed by atoms with Crippen LogP contribution in [0.15, 0.2) is 90.5 Å². The molecule has 1 saturated carbocycles. The molecule has 2 N–H and O–H groups in total. The molecule has 0 aromatic heterocycles. The van der Waals surface area contributed by atoms with Crippen molar-refractivity contribution in [2.45, 2.75) is 30.6 Å². The largest absolute Gasteiger partial charge is 0.491 e. The van der Waals surface area contributed by atoms with Crippen LogP contribution in [0.1, 0.15) is 36.3 Å². The molecular weight excluding hydrogens is 636 g/mol. The number of benzene rings is 3. The highest BCUT2D eigenvalue weighted by Gasteiger charge is 2.70. The lowest BCUT2D eigenvalue weighted by molar-refractivity contribution is -0.142. The van der Waals surface area contributed by atoms with Crippen molar-refractivity contribution in [1.82, 2.24) is 4.90 Å². The van der Waals surface area contributed by atoms with E-state index in [4.69, 9.17) is 16.3 Å². The molecule has 11 heteroatoms. The van der Waals surface area contributed by atoms with Crippen LogP contribution in [0.4, 0.5) is 5.69 Å². The summed E-state index contributed by atoms with van der Waals surface area (Å²) in [4.78, 5) is 71.0. The third kappa shape index (κ3) is 4.85. The predicted octanol–water partition coefficient (Wildman–Crippen LogP) is 4.35. The van der Waals surface area contributed by atoms with Crippen molar-refractivity contribution in [3.8, 4) is 5.75 Å². The van der Waals surface area contributed by atoms with Crippen LogP contribution >= 0.6 is 11.6 Å². The topological polar surface area (TPSA) is 142 Å². The van der Waals surface area contributed by atoms with Crippen molar-refractivity contribution < 1.29 is 38.9 Å². The van der Waals surface area contributed by atoms with Gasteiger partial charge in [0.05, 0.1) is 41.9 Å². The first kappa shape index (κ1) is 31.8. The van der Waals surface area contributed by atoms with Gasteiger partial charge in [0, 0.05) is 17.5 Å². The number of rotatable bonds is 9. The number of imide groups is 2. The number of hydrogen-bond acceptors (Lipinski definition) is 7. The molecule has 2 heterocycles. The second-order valence-electron chi connectivity index (χ2n) is 12.7. The Morgan fingerprint density at radius 1 is 0.917 bits per heavy atom. The summed E-state index contributed by atoms with van der Waals surface area (Å²) in [6, 6.07) is 23.0. The summed E-state index contributed by atoms with van der Waals surface area (Å²) in [5, 5.41) is 18.9. The fourth-order valence-electron chi connectivity index (χ4n) is 8.53. The number of ether oxygens (including phenoxy) is 1. The summed E-state index contributed by atoms with van der Waals surface area (Å²) < 4.78 is 5.62. The van der Waals surface area contributed by atoms with E-state index in [1.807, 2.05) is 48.5 Å². The molecule has 3 aromatic carbocycles. The summed E-state index contributed by atoms with van der Waals surface area (Å²) >= 11 is 6.35. The van der Waals surface area contributed by atoms with E-state index in [2.05, 4.69) is 0 Å². The Hall–Kier alpha value is -4.80. The van der Waals surface area contributed by atoms with Crippen LogP contribution in [0, 0.1) is 23.7 Å². The molecule has 0 bridgehead atoms. The lowest BCUT2D eigenvalue weighted by atomic mass is 9.49. The third-order valence-electron chi connectivity index (χ3n) is 10.4. The van der Waals surface area contributed by atoms with E-state index >= 15 is 4.79 Å². The number of halogens is 1. The highest BCUT2D eigenvalue weighted by atomic mass is 35.5. The summed E-state index contributed by atoms with van der Waals surface area (Å²) in [6.45, 7) is -0.282. The number of carboxylic acid groups (broad SMARTS) is 1. The van der Waals surface area contributed by atoms with Gasteiger partial charge in [-0.25, -0.2) is 4.90 Å². The Bertz CT molecular complexity index is 1840. The van der Waals surface area contributed by atoms with Crippen molar-refractivity contribution in [3.05, 3.63) is 107 Å². The zero-order chi connectivity index (χ0) is 33.7. The average Bonchev–Trinajstić information content (AvgIpc) is 3.47. The number of fused-ring (bicyclic) bond motifs is 4. The van der Waals surface area contributed by atoms with E-state index in [0.717, 1.165) is 16.0 Å². The summed E-state index contributed by atoms with van der Waals surface area (Å²) in [5.74, 6) is -5.90. The van der Waals surface area contributed by atoms with Crippen molar-refractivity contribution in [2.24, 2.45) is 23.7 Å². The molecule has 4 amide bonds. The first-order valence-electron chi connectivity index (χ1n) is 16.0. The molecule has 246 valence electrons. The molecule has 2 saturated heterocycles. The third-order valence-corrected chi connectivity index (χ3v) is 10.6. The number of hydrogen-bond donors (Lipinski definition) is 2. The number of allylic oxidation sites excluding steroid dienone is 2. The molecule has 2 aliphatic heterocycles. The number of carbonyl (C=O) groups excluding carboxylic acids is 4. The van der Waals surface area contributed by atoms with Crippen LogP contribution < -0.4 is 9.64 Å². The molecule has 0 unspecified atom stereocenters. The van der Waals surface area contributed by atoms with Gasteiger partial charge in [-0.15, -0.1) is 0 Å². The van der Waals surface area contributed by atoms with Gasteiger partial charge in [0.1, 0.15) is 12.4 Å². The van der Waals surface area contributed by atoms with Gasteiger partial charge in [0.2, 0.25) is 23.6 Å². The lowest BCUT2D eigenvalue weighted by Crippen LogP contribution is -2.53. The normalized spacial score (nSPS) is 27.8. The SMILES string of the molecule is O=C(O)CCN1C(=O)[C@H]2[C@H](CC=C3[C@H]2C[C@H]2C(=O)N(c4cccc(Cl)c4)C(=O)[C@@]2(c2ccccc2)[C@H]3c2ccc(OCCO)cc2)C1=O. The van der Waals surface area contributed by atoms with Crippen LogP contribution in [0.3, 0.4) is 0 Å². The minimum absolute atomic E-state index is 0.102. The van der Waals surface area contributed by atoms with E-state index in [-0.39, 0.29) is 39.0 Å². The Labute approximate surface area is 281 Å². The molecule has 48 heavy (non-hydrogen) atoms. The average molecular weight is 669 g/mol. The Kier molecular flexibility index (Phi) is 8.17. The minimum atomic E-state index is -1.40. The predicted molar refractivity (Wildman–Crippen MR) is 174 cm³/mol.